The van der Waals surface area contributed by atoms with Gasteiger partial charge in [-0.1, -0.05) is 13.8 Å². The average molecular weight is 340 g/mol. The summed E-state index contributed by atoms with van der Waals surface area (Å²) in [6, 6.07) is 10.9. The number of aliphatic imine (C=N–C) groups is 1. The number of nitro groups is 1. The van der Waals surface area contributed by atoms with Crippen molar-refractivity contribution < 1.29 is 9.66 Å². The zero-order valence-corrected chi connectivity index (χ0v) is 15.2. The smallest absolute Gasteiger partial charge is 0.295 e. The van der Waals surface area contributed by atoms with Gasteiger partial charge in [0.15, 0.2) is 0 Å². The molecular formula is C20H24N2O3. The van der Waals surface area contributed by atoms with Gasteiger partial charge in [-0.25, -0.2) is 4.99 Å². The average Bonchev–Trinajstić information content (AvgIpc) is 2.56. The molecule has 2 aromatic carbocycles. The van der Waals surface area contributed by atoms with Crippen LogP contribution in [0.4, 0.5) is 11.4 Å². The van der Waals surface area contributed by atoms with E-state index in [1.54, 1.807) is 18.3 Å². The second kappa shape index (κ2) is 8.42. The molecule has 0 bridgehead atoms. The van der Waals surface area contributed by atoms with E-state index in [1.807, 2.05) is 38.1 Å². The summed E-state index contributed by atoms with van der Waals surface area (Å²) in [4.78, 5) is 15.1. The molecular weight excluding hydrogens is 316 g/mol. The highest BCUT2D eigenvalue weighted by atomic mass is 16.6. The molecule has 0 unspecified atom stereocenters. The van der Waals surface area contributed by atoms with Crippen molar-refractivity contribution in [1.82, 2.24) is 0 Å². The monoisotopic (exact) mass is 340 g/mol. The van der Waals surface area contributed by atoms with E-state index in [4.69, 9.17) is 4.74 Å². The van der Waals surface area contributed by atoms with Gasteiger partial charge in [-0.05, 0) is 73.2 Å². The summed E-state index contributed by atoms with van der Waals surface area (Å²) in [6.45, 7) is 8.79. The van der Waals surface area contributed by atoms with E-state index in [0.29, 0.717) is 18.2 Å². The highest BCUT2D eigenvalue weighted by Gasteiger charge is 2.14. The normalized spacial score (nSPS) is 11.2. The van der Waals surface area contributed by atoms with Crippen LogP contribution in [0.15, 0.2) is 41.4 Å². The van der Waals surface area contributed by atoms with Crippen LogP contribution in [0.2, 0.25) is 0 Å². The van der Waals surface area contributed by atoms with E-state index < -0.39 is 4.92 Å². The fourth-order valence-electron chi connectivity index (χ4n) is 2.24. The lowest BCUT2D eigenvalue weighted by Gasteiger charge is -2.08. The predicted molar refractivity (Wildman–Crippen MR) is 101 cm³/mol. The highest BCUT2D eigenvalue weighted by molar-refractivity contribution is 5.83. The molecule has 0 N–H and O–H groups in total. The zero-order chi connectivity index (χ0) is 18.4. The van der Waals surface area contributed by atoms with Gasteiger partial charge in [-0.2, -0.15) is 0 Å². The molecule has 0 spiro atoms. The van der Waals surface area contributed by atoms with Crippen LogP contribution in [0.5, 0.6) is 5.75 Å². The lowest BCUT2D eigenvalue weighted by Crippen LogP contribution is -2.01. The maximum Gasteiger partial charge on any atom is 0.295 e. The van der Waals surface area contributed by atoms with E-state index in [0.717, 1.165) is 28.9 Å². The molecule has 2 aromatic rings. The fourth-order valence-corrected chi connectivity index (χ4v) is 2.24. The summed E-state index contributed by atoms with van der Waals surface area (Å²) in [5.74, 6) is 1.43. The zero-order valence-electron chi connectivity index (χ0n) is 15.2. The molecule has 0 heterocycles. The largest absolute Gasteiger partial charge is 0.494 e. The molecule has 2 rings (SSSR count). The Labute approximate surface area is 148 Å². The van der Waals surface area contributed by atoms with Crippen LogP contribution >= 0.6 is 0 Å². The van der Waals surface area contributed by atoms with Crippen LogP contribution < -0.4 is 4.74 Å². The van der Waals surface area contributed by atoms with E-state index in [-0.39, 0.29) is 5.69 Å². The summed E-state index contributed by atoms with van der Waals surface area (Å²) in [5.41, 5.74) is 3.11. The van der Waals surface area contributed by atoms with Crippen molar-refractivity contribution in [2.24, 2.45) is 10.9 Å². The minimum atomic E-state index is -0.398. The van der Waals surface area contributed by atoms with Gasteiger partial charge in [0.05, 0.1) is 11.5 Å². The first-order valence-electron chi connectivity index (χ1n) is 8.39. The molecule has 25 heavy (non-hydrogen) atoms. The van der Waals surface area contributed by atoms with Crippen molar-refractivity contribution in [1.29, 1.82) is 0 Å². The number of nitrogens with zero attached hydrogens (tertiary/aromatic N) is 2. The third kappa shape index (κ3) is 5.41. The standard InChI is InChI=1S/C20H24N2O3/c1-14(2)9-10-25-18-7-5-17(6-8-18)13-21-19-11-15(3)16(4)12-20(19)22(23)24/h5-8,11-14H,9-10H2,1-4H3. The predicted octanol–water partition coefficient (Wildman–Crippen LogP) is 5.39. The molecule has 0 fully saturated rings. The summed E-state index contributed by atoms with van der Waals surface area (Å²) in [5, 5.41) is 11.2. The van der Waals surface area contributed by atoms with Gasteiger partial charge in [-0.3, -0.25) is 10.1 Å². The Morgan fingerprint density at radius 3 is 2.40 bits per heavy atom. The SMILES string of the molecule is Cc1cc(N=Cc2ccc(OCCC(C)C)cc2)c([N+](=O)[O-])cc1C. The van der Waals surface area contributed by atoms with Crippen LogP contribution in [0.1, 0.15) is 37.0 Å². The Morgan fingerprint density at radius 1 is 1.16 bits per heavy atom. The first-order valence-corrected chi connectivity index (χ1v) is 8.39. The quantitative estimate of drug-likeness (QED) is 0.386. The molecule has 0 radical (unpaired) electrons. The van der Waals surface area contributed by atoms with Crippen molar-refractivity contribution in [2.75, 3.05) is 6.61 Å². The Hall–Kier alpha value is -2.69. The van der Waals surface area contributed by atoms with Crippen molar-refractivity contribution in [3.05, 3.63) is 63.2 Å². The minimum absolute atomic E-state index is 0.0213. The molecule has 5 nitrogen and oxygen atoms in total. The summed E-state index contributed by atoms with van der Waals surface area (Å²) < 4.78 is 5.68. The maximum absolute atomic E-state index is 11.2. The highest BCUT2D eigenvalue weighted by Crippen LogP contribution is 2.30. The number of hydrogen-bond donors (Lipinski definition) is 0. The van der Waals surface area contributed by atoms with Crippen LogP contribution in [0, 0.1) is 29.9 Å². The van der Waals surface area contributed by atoms with Crippen molar-refractivity contribution in [3.63, 3.8) is 0 Å². The lowest BCUT2D eigenvalue weighted by atomic mass is 10.1. The van der Waals surface area contributed by atoms with Crippen molar-refractivity contribution in [3.8, 4) is 5.75 Å². The molecule has 0 aromatic heterocycles. The minimum Gasteiger partial charge on any atom is -0.494 e. The number of rotatable bonds is 7. The third-order valence-corrected chi connectivity index (χ3v) is 3.98. The first-order chi connectivity index (χ1) is 11.9. The van der Waals surface area contributed by atoms with Gasteiger partial charge >= 0.3 is 0 Å². The van der Waals surface area contributed by atoms with Gasteiger partial charge < -0.3 is 4.74 Å². The number of benzene rings is 2. The summed E-state index contributed by atoms with van der Waals surface area (Å²) in [7, 11) is 0. The van der Waals surface area contributed by atoms with E-state index in [1.165, 1.54) is 0 Å². The summed E-state index contributed by atoms with van der Waals surface area (Å²) in [6.07, 6.45) is 2.65. The van der Waals surface area contributed by atoms with Crippen LogP contribution in [0.3, 0.4) is 0 Å². The van der Waals surface area contributed by atoms with Gasteiger partial charge in [-0.15, -0.1) is 0 Å². The Kier molecular flexibility index (Phi) is 6.28. The molecule has 0 aliphatic rings. The Bertz CT molecular complexity index is 765. The van der Waals surface area contributed by atoms with Gasteiger partial charge in [0, 0.05) is 12.3 Å². The maximum atomic E-state index is 11.2. The number of nitro benzene ring substituents is 1. The Morgan fingerprint density at radius 2 is 1.80 bits per heavy atom. The fraction of sp³-hybridized carbons (Fsp3) is 0.350. The van der Waals surface area contributed by atoms with E-state index >= 15 is 0 Å². The number of ether oxygens (including phenoxy) is 1. The molecule has 0 saturated carbocycles. The molecule has 132 valence electrons. The molecule has 0 amide bonds. The van der Waals surface area contributed by atoms with E-state index in [2.05, 4.69) is 18.8 Å². The second-order valence-corrected chi connectivity index (χ2v) is 6.54. The topological polar surface area (TPSA) is 64.7 Å². The lowest BCUT2D eigenvalue weighted by molar-refractivity contribution is -0.384. The van der Waals surface area contributed by atoms with Gasteiger partial charge in [0.1, 0.15) is 11.4 Å². The Balaban J connectivity index is 2.12. The molecule has 0 atom stereocenters. The van der Waals surface area contributed by atoms with Gasteiger partial charge in [0.25, 0.3) is 5.69 Å². The van der Waals surface area contributed by atoms with E-state index in [9.17, 15) is 10.1 Å². The van der Waals surface area contributed by atoms with Crippen LogP contribution in [0.25, 0.3) is 0 Å². The van der Waals surface area contributed by atoms with Crippen LogP contribution in [-0.2, 0) is 0 Å². The first kappa shape index (κ1) is 18.6. The molecule has 0 saturated heterocycles. The van der Waals surface area contributed by atoms with Crippen molar-refractivity contribution >= 4 is 17.6 Å². The number of aryl methyl sites for hydroxylation is 2. The molecule has 0 aliphatic carbocycles. The van der Waals surface area contributed by atoms with Gasteiger partial charge in [0.2, 0.25) is 0 Å². The third-order valence-electron chi connectivity index (χ3n) is 3.98. The molecule has 5 heteroatoms. The second-order valence-electron chi connectivity index (χ2n) is 6.54. The van der Waals surface area contributed by atoms with Crippen LogP contribution in [-0.4, -0.2) is 17.7 Å². The summed E-state index contributed by atoms with van der Waals surface area (Å²) >= 11 is 0. The number of hydrogen-bond acceptors (Lipinski definition) is 4. The van der Waals surface area contributed by atoms with Crippen molar-refractivity contribution in [2.45, 2.75) is 34.1 Å². The molecule has 0 aliphatic heterocycles.